The van der Waals surface area contributed by atoms with E-state index in [-0.39, 0.29) is 28.7 Å². The third-order valence-corrected chi connectivity index (χ3v) is 6.94. The molecule has 0 bridgehead atoms. The van der Waals surface area contributed by atoms with Crippen molar-refractivity contribution in [3.63, 3.8) is 0 Å². The number of rotatable bonds is 5. The van der Waals surface area contributed by atoms with Gasteiger partial charge in [-0.1, -0.05) is 23.2 Å². The second kappa shape index (κ2) is 9.02. The zero-order valence-electron chi connectivity index (χ0n) is 15.4. The van der Waals surface area contributed by atoms with Gasteiger partial charge in [-0.2, -0.15) is 9.57 Å². The van der Waals surface area contributed by atoms with Gasteiger partial charge in [0.2, 0.25) is 21.8 Å². The van der Waals surface area contributed by atoms with Crippen LogP contribution >= 0.6 is 23.2 Å². The van der Waals surface area contributed by atoms with Crippen LogP contribution in [0, 0.1) is 11.3 Å². The molecule has 2 amide bonds. The highest BCUT2D eigenvalue weighted by Gasteiger charge is 2.39. The quantitative estimate of drug-likeness (QED) is 0.700. The smallest absolute Gasteiger partial charge is 0.243 e. The van der Waals surface area contributed by atoms with E-state index < -0.39 is 34.3 Å². The molecule has 1 heterocycles. The number of hydrogen-bond donors (Lipinski definition) is 2. The molecule has 0 radical (unpaired) electrons. The van der Waals surface area contributed by atoms with Gasteiger partial charge in [-0.3, -0.25) is 9.59 Å². The summed E-state index contributed by atoms with van der Waals surface area (Å²) in [7, 11) is -4.07. The summed E-state index contributed by atoms with van der Waals surface area (Å²) in [5, 5.41) is 14.6. The maximum atomic E-state index is 13.1. The van der Waals surface area contributed by atoms with E-state index in [2.05, 4.69) is 10.6 Å². The van der Waals surface area contributed by atoms with Crippen molar-refractivity contribution in [1.82, 2.24) is 9.62 Å². The molecule has 0 aromatic heterocycles. The molecule has 1 saturated heterocycles. The second-order valence-electron chi connectivity index (χ2n) is 6.44. The Bertz CT molecular complexity index is 1130. The van der Waals surface area contributed by atoms with E-state index in [1.807, 2.05) is 6.07 Å². The average Bonchev–Trinajstić information content (AvgIpc) is 2.72. The van der Waals surface area contributed by atoms with Gasteiger partial charge in [-0.25, -0.2) is 8.42 Å². The first-order chi connectivity index (χ1) is 14.2. The van der Waals surface area contributed by atoms with Gasteiger partial charge in [0.15, 0.2) is 0 Å². The Morgan fingerprint density at radius 3 is 2.60 bits per heavy atom. The Kier molecular flexibility index (Phi) is 6.63. The number of benzene rings is 2. The molecule has 156 valence electrons. The topological polar surface area (TPSA) is 119 Å². The van der Waals surface area contributed by atoms with Crippen molar-refractivity contribution in [2.24, 2.45) is 0 Å². The Morgan fingerprint density at radius 2 is 1.93 bits per heavy atom. The zero-order valence-corrected chi connectivity index (χ0v) is 17.8. The molecular weight excluding hydrogens is 451 g/mol. The standard InChI is InChI=1S/C19H16Cl2N4O4S/c20-13-3-6-15(21)16(9-13)24-18(26)10-17-19(27)23-7-8-25(17)30(28,29)14-4-1-12(11-22)2-5-14/h1-6,9,17H,7-8,10H2,(H,23,27)(H,24,26)/t17-/m1/s1. The molecular formula is C19H16Cl2N4O4S. The normalized spacial score (nSPS) is 17.1. The molecule has 8 nitrogen and oxygen atoms in total. The van der Waals surface area contributed by atoms with Crippen LogP contribution < -0.4 is 10.6 Å². The number of piperazine rings is 1. The highest BCUT2D eigenvalue weighted by molar-refractivity contribution is 7.89. The van der Waals surface area contributed by atoms with Crippen LogP contribution in [0.2, 0.25) is 10.0 Å². The Hall–Kier alpha value is -2.64. The van der Waals surface area contributed by atoms with Crippen molar-refractivity contribution < 1.29 is 18.0 Å². The van der Waals surface area contributed by atoms with Crippen molar-refractivity contribution in [3.05, 3.63) is 58.1 Å². The van der Waals surface area contributed by atoms with Gasteiger partial charge in [0.05, 0.1) is 33.7 Å². The molecule has 0 saturated carbocycles. The van der Waals surface area contributed by atoms with Crippen LogP contribution in [-0.4, -0.2) is 43.7 Å². The summed E-state index contributed by atoms with van der Waals surface area (Å²) < 4.78 is 27.1. The lowest BCUT2D eigenvalue weighted by Crippen LogP contribution is -2.57. The third kappa shape index (κ3) is 4.74. The molecule has 0 aliphatic carbocycles. The SMILES string of the molecule is N#Cc1ccc(S(=O)(=O)N2CCNC(=O)[C@H]2CC(=O)Nc2cc(Cl)ccc2Cl)cc1. The number of halogens is 2. The van der Waals surface area contributed by atoms with Crippen molar-refractivity contribution in [1.29, 1.82) is 5.26 Å². The van der Waals surface area contributed by atoms with E-state index in [0.29, 0.717) is 10.6 Å². The maximum absolute atomic E-state index is 13.1. The molecule has 1 atom stereocenters. The largest absolute Gasteiger partial charge is 0.353 e. The van der Waals surface area contributed by atoms with E-state index in [1.54, 1.807) is 6.07 Å². The number of nitriles is 1. The van der Waals surface area contributed by atoms with E-state index >= 15 is 0 Å². The number of nitrogens with one attached hydrogen (secondary N) is 2. The van der Waals surface area contributed by atoms with Gasteiger partial charge in [-0.15, -0.1) is 0 Å². The van der Waals surface area contributed by atoms with Crippen LogP contribution in [0.3, 0.4) is 0 Å². The molecule has 30 heavy (non-hydrogen) atoms. The number of nitrogens with zero attached hydrogens (tertiary/aromatic N) is 2. The molecule has 2 aromatic carbocycles. The number of anilines is 1. The first kappa shape index (κ1) is 22.1. The van der Waals surface area contributed by atoms with E-state index in [0.717, 1.165) is 4.31 Å². The van der Waals surface area contributed by atoms with Crippen molar-refractivity contribution in [3.8, 4) is 6.07 Å². The van der Waals surface area contributed by atoms with Gasteiger partial charge in [0, 0.05) is 18.1 Å². The minimum absolute atomic E-state index is 0.00391. The number of carbonyl (C=O) groups is 2. The summed E-state index contributed by atoms with van der Waals surface area (Å²) >= 11 is 11.9. The molecule has 2 aromatic rings. The Labute approximate surface area is 183 Å². The summed E-state index contributed by atoms with van der Waals surface area (Å²) in [4.78, 5) is 24.9. The van der Waals surface area contributed by atoms with Gasteiger partial charge < -0.3 is 10.6 Å². The molecule has 0 spiro atoms. The van der Waals surface area contributed by atoms with E-state index in [9.17, 15) is 18.0 Å². The predicted molar refractivity (Wildman–Crippen MR) is 112 cm³/mol. The monoisotopic (exact) mass is 466 g/mol. The zero-order chi connectivity index (χ0) is 21.9. The molecule has 11 heteroatoms. The molecule has 0 unspecified atom stereocenters. The lowest BCUT2D eigenvalue weighted by molar-refractivity contribution is -0.130. The summed E-state index contributed by atoms with van der Waals surface area (Å²) in [5.74, 6) is -1.17. The average molecular weight is 467 g/mol. The fraction of sp³-hybridized carbons (Fsp3) is 0.211. The number of sulfonamides is 1. The fourth-order valence-electron chi connectivity index (χ4n) is 2.98. The Morgan fingerprint density at radius 1 is 1.23 bits per heavy atom. The lowest BCUT2D eigenvalue weighted by Gasteiger charge is -2.33. The summed E-state index contributed by atoms with van der Waals surface area (Å²) in [6, 6.07) is 10.5. The molecule has 1 aliphatic heterocycles. The number of amides is 2. The first-order valence-corrected chi connectivity index (χ1v) is 11.0. The second-order valence-corrected chi connectivity index (χ2v) is 9.17. The number of carbonyl (C=O) groups excluding carboxylic acids is 2. The van der Waals surface area contributed by atoms with Crippen LogP contribution in [0.1, 0.15) is 12.0 Å². The lowest BCUT2D eigenvalue weighted by atomic mass is 10.1. The van der Waals surface area contributed by atoms with Crippen LogP contribution in [0.25, 0.3) is 0 Å². The van der Waals surface area contributed by atoms with Crippen LogP contribution in [0.4, 0.5) is 5.69 Å². The van der Waals surface area contributed by atoms with Crippen LogP contribution in [-0.2, 0) is 19.6 Å². The van der Waals surface area contributed by atoms with Crippen molar-refractivity contribution >= 4 is 50.7 Å². The van der Waals surface area contributed by atoms with Crippen LogP contribution in [0.5, 0.6) is 0 Å². The third-order valence-electron chi connectivity index (χ3n) is 4.45. The predicted octanol–water partition coefficient (Wildman–Crippen LogP) is 2.38. The van der Waals surface area contributed by atoms with Gasteiger partial charge in [-0.05, 0) is 42.5 Å². The van der Waals surface area contributed by atoms with Crippen LogP contribution in [0.15, 0.2) is 47.4 Å². The van der Waals surface area contributed by atoms with Crippen molar-refractivity contribution in [2.75, 3.05) is 18.4 Å². The van der Waals surface area contributed by atoms with Gasteiger partial charge in [0.1, 0.15) is 6.04 Å². The minimum atomic E-state index is -4.07. The highest BCUT2D eigenvalue weighted by Crippen LogP contribution is 2.27. The van der Waals surface area contributed by atoms with Crippen molar-refractivity contribution in [2.45, 2.75) is 17.4 Å². The molecule has 3 rings (SSSR count). The maximum Gasteiger partial charge on any atom is 0.243 e. The summed E-state index contributed by atoms with van der Waals surface area (Å²) in [5.41, 5.74) is 0.562. The molecule has 1 fully saturated rings. The summed E-state index contributed by atoms with van der Waals surface area (Å²) in [6.45, 7) is 0.122. The van der Waals surface area contributed by atoms with E-state index in [4.69, 9.17) is 28.5 Å². The summed E-state index contributed by atoms with van der Waals surface area (Å²) in [6.07, 6.45) is -0.413. The molecule has 2 N–H and O–H groups in total. The fourth-order valence-corrected chi connectivity index (χ4v) is 4.91. The first-order valence-electron chi connectivity index (χ1n) is 8.77. The molecule has 1 aliphatic rings. The van der Waals surface area contributed by atoms with Gasteiger partial charge in [0.25, 0.3) is 0 Å². The van der Waals surface area contributed by atoms with Gasteiger partial charge >= 0.3 is 0 Å². The minimum Gasteiger partial charge on any atom is -0.353 e. The highest BCUT2D eigenvalue weighted by atomic mass is 35.5. The van der Waals surface area contributed by atoms with E-state index in [1.165, 1.54) is 36.4 Å². The number of hydrogen-bond acceptors (Lipinski definition) is 5. The Balaban J connectivity index is 1.83.